The molecule has 0 spiro atoms. The predicted molar refractivity (Wildman–Crippen MR) is 127 cm³/mol. The summed E-state index contributed by atoms with van der Waals surface area (Å²) in [6.45, 7) is 12.0. The van der Waals surface area contributed by atoms with Gasteiger partial charge in [0.25, 0.3) is 0 Å². The molecule has 2 aromatic heterocycles. The number of imidazole rings is 2. The lowest BCUT2D eigenvalue weighted by molar-refractivity contribution is 0.950. The standard InChI is InChI=1S/C23H26N8/c1-4-14(23-26-9-10-27-23)11-18-16(5-2)28-20(30-18)13-21-29-17-8-7-15(12-19(17)31-21)22(24)25-6-3/h4-5,7-8,11-12H,1-2,6,9-10,13H2,3H3,(H2,24,25)(H,26,27)(H,28,30)(H,29,31)/b14-11+. The summed E-state index contributed by atoms with van der Waals surface area (Å²) in [4.78, 5) is 24.8. The van der Waals surface area contributed by atoms with Crippen molar-refractivity contribution in [1.82, 2.24) is 25.3 Å². The average Bonchev–Trinajstić information content (AvgIpc) is 3.51. The second kappa shape index (κ2) is 8.83. The number of hydrogen-bond donors (Lipinski definition) is 4. The summed E-state index contributed by atoms with van der Waals surface area (Å²) in [5, 5.41) is 3.27. The Kier molecular flexibility index (Phi) is 5.79. The topological polar surface area (TPSA) is 120 Å². The molecule has 8 heteroatoms. The van der Waals surface area contributed by atoms with Crippen molar-refractivity contribution in [2.45, 2.75) is 13.3 Å². The number of aromatic amines is 2. The van der Waals surface area contributed by atoms with Gasteiger partial charge in [-0.1, -0.05) is 19.2 Å². The molecule has 8 nitrogen and oxygen atoms in total. The Hall–Kier alpha value is -3.94. The number of H-pyrrole nitrogens is 2. The molecular weight excluding hydrogens is 388 g/mol. The Labute approximate surface area is 180 Å². The van der Waals surface area contributed by atoms with E-state index in [9.17, 15) is 0 Å². The molecule has 1 aromatic carbocycles. The fourth-order valence-corrected chi connectivity index (χ4v) is 3.50. The lowest BCUT2D eigenvalue weighted by Crippen LogP contribution is -2.19. The van der Waals surface area contributed by atoms with Crippen molar-refractivity contribution in [1.29, 1.82) is 0 Å². The largest absolute Gasteiger partial charge is 0.384 e. The molecule has 0 bridgehead atoms. The maximum absolute atomic E-state index is 6.02. The van der Waals surface area contributed by atoms with Gasteiger partial charge < -0.3 is 21.0 Å². The first-order valence-electron chi connectivity index (χ1n) is 10.2. The molecule has 1 aliphatic heterocycles. The summed E-state index contributed by atoms with van der Waals surface area (Å²) in [6.07, 6.45) is 6.03. The van der Waals surface area contributed by atoms with Gasteiger partial charge in [0, 0.05) is 24.2 Å². The van der Waals surface area contributed by atoms with Crippen molar-refractivity contribution in [3.8, 4) is 0 Å². The van der Waals surface area contributed by atoms with Crippen LogP contribution in [0.25, 0.3) is 23.2 Å². The molecule has 5 N–H and O–H groups in total. The van der Waals surface area contributed by atoms with Crippen molar-refractivity contribution in [3.05, 3.63) is 71.6 Å². The van der Waals surface area contributed by atoms with Crippen LogP contribution in [0.4, 0.5) is 0 Å². The van der Waals surface area contributed by atoms with Crippen LogP contribution in [-0.2, 0) is 6.42 Å². The number of aromatic nitrogens is 4. The van der Waals surface area contributed by atoms with E-state index < -0.39 is 0 Å². The van der Waals surface area contributed by atoms with Crippen molar-refractivity contribution in [2.24, 2.45) is 15.7 Å². The highest BCUT2D eigenvalue weighted by Crippen LogP contribution is 2.18. The van der Waals surface area contributed by atoms with Crippen LogP contribution in [0.15, 0.2) is 53.0 Å². The first-order valence-corrected chi connectivity index (χ1v) is 10.2. The molecule has 0 saturated carbocycles. The highest BCUT2D eigenvalue weighted by Gasteiger charge is 2.13. The van der Waals surface area contributed by atoms with E-state index in [1.54, 1.807) is 12.2 Å². The summed E-state index contributed by atoms with van der Waals surface area (Å²) in [5.74, 6) is 2.97. The van der Waals surface area contributed by atoms with E-state index in [1.165, 1.54) is 0 Å². The molecule has 4 rings (SSSR count). The van der Waals surface area contributed by atoms with Crippen LogP contribution in [0.3, 0.4) is 0 Å². The minimum absolute atomic E-state index is 0.526. The number of nitrogens with one attached hydrogen (secondary N) is 3. The molecular formula is C23H26N8. The van der Waals surface area contributed by atoms with E-state index in [0.717, 1.165) is 64.1 Å². The van der Waals surface area contributed by atoms with E-state index in [4.69, 9.17) is 5.73 Å². The SMILES string of the molecule is C=C/C(=C\c1[nH]c(Cc2nc3ccc(C(N)=NCC)cc3[nH]2)nc1C=C)C1=NCCN1. The van der Waals surface area contributed by atoms with E-state index in [1.807, 2.05) is 31.2 Å². The summed E-state index contributed by atoms with van der Waals surface area (Å²) < 4.78 is 0. The second-order valence-corrected chi connectivity index (χ2v) is 7.10. The van der Waals surface area contributed by atoms with Gasteiger partial charge in [-0.25, -0.2) is 9.97 Å². The normalized spacial score (nSPS) is 14.5. The van der Waals surface area contributed by atoms with Crippen LogP contribution in [0.1, 0.15) is 35.5 Å². The zero-order valence-corrected chi connectivity index (χ0v) is 17.6. The van der Waals surface area contributed by atoms with Crippen molar-refractivity contribution in [3.63, 3.8) is 0 Å². The maximum atomic E-state index is 6.02. The van der Waals surface area contributed by atoms with Crippen LogP contribution in [0.2, 0.25) is 0 Å². The number of aliphatic imine (C=N–C) groups is 2. The van der Waals surface area contributed by atoms with Crippen LogP contribution in [0.5, 0.6) is 0 Å². The van der Waals surface area contributed by atoms with Crippen molar-refractivity contribution < 1.29 is 0 Å². The quantitative estimate of drug-likeness (QED) is 0.257. The monoisotopic (exact) mass is 414 g/mol. The average molecular weight is 415 g/mol. The summed E-state index contributed by atoms with van der Waals surface area (Å²) in [6, 6.07) is 5.85. The summed E-state index contributed by atoms with van der Waals surface area (Å²) >= 11 is 0. The van der Waals surface area contributed by atoms with Gasteiger partial charge in [0.2, 0.25) is 0 Å². The Morgan fingerprint density at radius 3 is 2.77 bits per heavy atom. The number of rotatable bonds is 8. The van der Waals surface area contributed by atoms with Gasteiger partial charge in [0.1, 0.15) is 23.3 Å². The molecule has 3 heterocycles. The first-order chi connectivity index (χ1) is 15.1. The van der Waals surface area contributed by atoms with Crippen molar-refractivity contribution in [2.75, 3.05) is 19.6 Å². The summed E-state index contributed by atoms with van der Waals surface area (Å²) in [5.41, 5.74) is 11.2. The van der Waals surface area contributed by atoms with Gasteiger partial charge in [-0.3, -0.25) is 9.98 Å². The summed E-state index contributed by atoms with van der Waals surface area (Å²) in [7, 11) is 0. The number of benzene rings is 1. The van der Waals surface area contributed by atoms with E-state index in [-0.39, 0.29) is 0 Å². The van der Waals surface area contributed by atoms with Gasteiger partial charge in [0.15, 0.2) is 0 Å². The highest BCUT2D eigenvalue weighted by atomic mass is 15.1. The molecule has 1 aliphatic rings. The predicted octanol–water partition coefficient (Wildman–Crippen LogP) is 2.82. The number of nitrogens with zero attached hydrogens (tertiary/aromatic N) is 4. The highest BCUT2D eigenvalue weighted by molar-refractivity contribution is 6.05. The van der Waals surface area contributed by atoms with Gasteiger partial charge in [-0.15, -0.1) is 0 Å². The molecule has 0 amide bonds. The lowest BCUT2D eigenvalue weighted by atomic mass is 10.1. The Bertz CT molecular complexity index is 1220. The molecule has 0 atom stereocenters. The molecule has 0 unspecified atom stereocenters. The van der Waals surface area contributed by atoms with Crippen molar-refractivity contribution >= 4 is 34.9 Å². The van der Waals surface area contributed by atoms with E-state index in [2.05, 4.69) is 48.4 Å². The number of amidine groups is 2. The van der Waals surface area contributed by atoms with Crippen LogP contribution in [0, 0.1) is 0 Å². The van der Waals surface area contributed by atoms with Gasteiger partial charge in [-0.05, 0) is 37.3 Å². The van der Waals surface area contributed by atoms with E-state index >= 15 is 0 Å². The fraction of sp³-hybridized carbons (Fsp3) is 0.217. The number of fused-ring (bicyclic) bond motifs is 1. The Morgan fingerprint density at radius 2 is 2.06 bits per heavy atom. The van der Waals surface area contributed by atoms with Crippen LogP contribution in [-0.4, -0.2) is 51.2 Å². The molecule has 3 aromatic rings. The van der Waals surface area contributed by atoms with Gasteiger partial charge >= 0.3 is 0 Å². The zero-order chi connectivity index (χ0) is 21.8. The van der Waals surface area contributed by atoms with Crippen LogP contribution < -0.4 is 11.1 Å². The van der Waals surface area contributed by atoms with Gasteiger partial charge in [0.05, 0.1) is 35.4 Å². The number of nitrogens with two attached hydrogens (primary N) is 1. The van der Waals surface area contributed by atoms with Crippen LogP contribution >= 0.6 is 0 Å². The Balaban J connectivity index is 1.61. The molecule has 0 saturated heterocycles. The number of hydrogen-bond acceptors (Lipinski definition) is 5. The Morgan fingerprint density at radius 1 is 1.23 bits per heavy atom. The first kappa shape index (κ1) is 20.3. The molecule has 0 aliphatic carbocycles. The zero-order valence-electron chi connectivity index (χ0n) is 17.6. The molecule has 158 valence electrons. The minimum Gasteiger partial charge on any atom is -0.384 e. The fourth-order valence-electron chi connectivity index (χ4n) is 3.50. The molecule has 31 heavy (non-hydrogen) atoms. The third kappa shape index (κ3) is 4.32. The smallest absolute Gasteiger partial charge is 0.128 e. The van der Waals surface area contributed by atoms with E-state index in [0.29, 0.717) is 18.8 Å². The van der Waals surface area contributed by atoms with Gasteiger partial charge in [-0.2, -0.15) is 0 Å². The second-order valence-electron chi connectivity index (χ2n) is 7.10. The third-order valence-electron chi connectivity index (χ3n) is 4.96. The third-order valence-corrected chi connectivity index (χ3v) is 4.96. The molecule has 0 fully saturated rings. The maximum Gasteiger partial charge on any atom is 0.128 e. The molecule has 0 radical (unpaired) electrons. The lowest BCUT2D eigenvalue weighted by Gasteiger charge is -2.02. The minimum atomic E-state index is 0.526.